The lowest BCUT2D eigenvalue weighted by Gasteiger charge is -2.39. The molecule has 0 radical (unpaired) electrons. The van der Waals surface area contributed by atoms with E-state index in [1.165, 1.54) is 20.6 Å². The Morgan fingerprint density at radius 2 is 2.00 bits per heavy atom. The van der Waals surface area contributed by atoms with Gasteiger partial charge in [-0.1, -0.05) is 23.5 Å². The molecule has 3 unspecified atom stereocenters. The van der Waals surface area contributed by atoms with E-state index in [1.54, 1.807) is 6.92 Å². The van der Waals surface area contributed by atoms with Crippen LogP contribution in [0, 0.1) is 13.8 Å². The summed E-state index contributed by atoms with van der Waals surface area (Å²) < 4.78 is 22.8. The van der Waals surface area contributed by atoms with Crippen molar-refractivity contribution in [2.24, 2.45) is 0 Å². The Labute approximate surface area is 201 Å². The van der Waals surface area contributed by atoms with Crippen LogP contribution in [0.5, 0.6) is 0 Å². The molecule has 2 bridgehead atoms. The molecule has 0 spiro atoms. The van der Waals surface area contributed by atoms with Crippen molar-refractivity contribution in [3.8, 4) is 5.13 Å². The highest BCUT2D eigenvalue weighted by atomic mass is 32.1. The average molecular weight is 491 g/mol. The molecule has 34 heavy (non-hydrogen) atoms. The topological polar surface area (TPSA) is 98.3 Å². The summed E-state index contributed by atoms with van der Waals surface area (Å²) in [5.41, 5.74) is 0.349. The number of ether oxygens (including phenoxy) is 1. The molecule has 5 rings (SSSR count). The van der Waals surface area contributed by atoms with Gasteiger partial charge in [0, 0.05) is 30.6 Å². The summed E-state index contributed by atoms with van der Waals surface area (Å²) in [6.45, 7) is 4.52. The van der Waals surface area contributed by atoms with Gasteiger partial charge in [0.1, 0.15) is 16.7 Å². The summed E-state index contributed by atoms with van der Waals surface area (Å²) in [5, 5.41) is 24.4. The third-order valence-electron chi connectivity index (χ3n) is 7.03. The number of allylic oxidation sites excluding steroid dienone is 2. The standard InChI is InChI=1S/C23H31FN6O3S/c1-14-27-29(23(32)30(14)22-26-25-15(2)34-22)12-19(31)11-28-17-7-8-18(28)10-20(9-17)33-13-16-5-3-4-6-21(16)24/h3,5,17-20,31H,4,6-13H2,1-2H3. The fourth-order valence-electron chi connectivity index (χ4n) is 5.41. The Hall–Kier alpha value is -2.21. The van der Waals surface area contributed by atoms with Crippen LogP contribution in [-0.4, -0.2) is 72.0 Å². The van der Waals surface area contributed by atoms with Crippen LogP contribution in [0.15, 0.2) is 28.3 Å². The quantitative estimate of drug-likeness (QED) is 0.607. The normalized spacial score (nSPS) is 25.9. The van der Waals surface area contributed by atoms with Gasteiger partial charge >= 0.3 is 5.69 Å². The van der Waals surface area contributed by atoms with E-state index >= 15 is 0 Å². The minimum absolute atomic E-state index is 0.0554. The van der Waals surface area contributed by atoms with Gasteiger partial charge in [0.25, 0.3) is 0 Å². The first-order valence-electron chi connectivity index (χ1n) is 12.0. The predicted octanol–water partition coefficient (Wildman–Crippen LogP) is 2.45. The monoisotopic (exact) mass is 490 g/mol. The minimum Gasteiger partial charge on any atom is -0.390 e. The first-order chi connectivity index (χ1) is 16.4. The summed E-state index contributed by atoms with van der Waals surface area (Å²) in [6.07, 6.45) is 8.36. The Balaban J connectivity index is 1.18. The number of hydrogen-bond acceptors (Lipinski definition) is 8. The van der Waals surface area contributed by atoms with Crippen molar-refractivity contribution in [3.05, 3.63) is 44.9 Å². The van der Waals surface area contributed by atoms with Crippen LogP contribution in [0.3, 0.4) is 0 Å². The van der Waals surface area contributed by atoms with Crippen molar-refractivity contribution < 1.29 is 14.2 Å². The number of fused-ring (bicyclic) bond motifs is 2. The van der Waals surface area contributed by atoms with E-state index in [0.29, 0.717) is 48.2 Å². The van der Waals surface area contributed by atoms with Crippen molar-refractivity contribution in [1.82, 2.24) is 29.4 Å². The molecule has 11 heteroatoms. The summed E-state index contributed by atoms with van der Waals surface area (Å²) >= 11 is 1.33. The second-order valence-corrected chi connectivity index (χ2v) is 10.6. The number of halogens is 1. The van der Waals surface area contributed by atoms with Gasteiger partial charge in [-0.3, -0.25) is 4.90 Å². The van der Waals surface area contributed by atoms with E-state index in [1.807, 2.05) is 19.1 Å². The molecule has 3 aliphatic rings. The number of piperidine rings is 1. The van der Waals surface area contributed by atoms with Crippen molar-refractivity contribution >= 4 is 11.3 Å². The Kier molecular flexibility index (Phi) is 6.79. The first kappa shape index (κ1) is 23.5. The van der Waals surface area contributed by atoms with Crippen molar-refractivity contribution in [2.45, 2.75) is 83.2 Å². The van der Waals surface area contributed by atoms with E-state index in [-0.39, 0.29) is 24.2 Å². The zero-order chi connectivity index (χ0) is 23.8. The number of aromatic nitrogens is 5. The summed E-state index contributed by atoms with van der Waals surface area (Å²) in [7, 11) is 0. The van der Waals surface area contributed by atoms with Crippen LogP contribution in [0.1, 0.15) is 49.4 Å². The molecule has 9 nitrogen and oxygen atoms in total. The molecule has 2 fully saturated rings. The van der Waals surface area contributed by atoms with Gasteiger partial charge in [0.05, 0.1) is 25.4 Å². The van der Waals surface area contributed by atoms with E-state index < -0.39 is 6.10 Å². The maximum absolute atomic E-state index is 14.0. The van der Waals surface area contributed by atoms with E-state index in [0.717, 1.165) is 37.1 Å². The lowest BCUT2D eigenvalue weighted by molar-refractivity contribution is -0.0267. The number of hydrogen-bond donors (Lipinski definition) is 1. The molecule has 2 aromatic heterocycles. The highest BCUT2D eigenvalue weighted by Crippen LogP contribution is 2.37. The minimum atomic E-state index is -0.719. The maximum Gasteiger partial charge on any atom is 0.352 e. The van der Waals surface area contributed by atoms with Gasteiger partial charge in [0.15, 0.2) is 0 Å². The zero-order valence-electron chi connectivity index (χ0n) is 19.6. The number of aliphatic hydroxyl groups is 1. The Morgan fingerprint density at radius 1 is 1.24 bits per heavy atom. The third kappa shape index (κ3) is 4.79. The van der Waals surface area contributed by atoms with Gasteiger partial charge in [-0.05, 0) is 46.0 Å². The molecule has 0 aromatic carbocycles. The third-order valence-corrected chi connectivity index (χ3v) is 7.85. The van der Waals surface area contributed by atoms with Crippen LogP contribution >= 0.6 is 11.3 Å². The van der Waals surface area contributed by atoms with Crippen LogP contribution in [0.2, 0.25) is 0 Å². The number of aliphatic hydroxyl groups excluding tert-OH is 1. The molecule has 0 amide bonds. The second kappa shape index (κ2) is 9.80. The molecule has 3 atom stereocenters. The maximum atomic E-state index is 14.0. The van der Waals surface area contributed by atoms with E-state index in [9.17, 15) is 14.3 Å². The molecule has 1 aliphatic carbocycles. The summed E-state index contributed by atoms with van der Waals surface area (Å²) in [5.74, 6) is 0.464. The van der Waals surface area contributed by atoms with E-state index in [4.69, 9.17) is 4.74 Å². The molecule has 2 saturated heterocycles. The van der Waals surface area contributed by atoms with Crippen LogP contribution in [0.25, 0.3) is 5.13 Å². The molecular formula is C23H31FN6O3S. The average Bonchev–Trinajstić information content (AvgIpc) is 3.40. The molecule has 184 valence electrons. The van der Waals surface area contributed by atoms with Crippen LogP contribution in [-0.2, 0) is 11.3 Å². The summed E-state index contributed by atoms with van der Waals surface area (Å²) in [6, 6.07) is 0.666. The molecule has 2 aliphatic heterocycles. The lowest BCUT2D eigenvalue weighted by Crippen LogP contribution is -2.49. The number of aryl methyl sites for hydroxylation is 2. The van der Waals surface area contributed by atoms with Gasteiger partial charge in [-0.2, -0.15) is 5.10 Å². The van der Waals surface area contributed by atoms with Crippen molar-refractivity contribution in [2.75, 3.05) is 13.2 Å². The second-order valence-electron chi connectivity index (χ2n) is 9.46. The van der Waals surface area contributed by atoms with Crippen LogP contribution in [0.4, 0.5) is 4.39 Å². The molecule has 0 saturated carbocycles. The SMILES string of the molecule is Cc1nnc(-n2c(C)nn(CC(O)CN3C4CCC3CC(OCC3=C(F)CCC=C3)C4)c2=O)s1. The van der Waals surface area contributed by atoms with Crippen molar-refractivity contribution in [3.63, 3.8) is 0 Å². The predicted molar refractivity (Wildman–Crippen MR) is 126 cm³/mol. The van der Waals surface area contributed by atoms with E-state index in [2.05, 4.69) is 20.2 Å². The van der Waals surface area contributed by atoms with Crippen molar-refractivity contribution in [1.29, 1.82) is 0 Å². The summed E-state index contributed by atoms with van der Waals surface area (Å²) in [4.78, 5) is 15.2. The highest BCUT2D eigenvalue weighted by molar-refractivity contribution is 7.13. The fraction of sp³-hybridized carbons (Fsp3) is 0.652. The van der Waals surface area contributed by atoms with Crippen LogP contribution < -0.4 is 5.69 Å². The zero-order valence-corrected chi connectivity index (χ0v) is 20.4. The molecule has 1 N–H and O–H groups in total. The number of rotatable bonds is 8. The Bertz CT molecular complexity index is 1140. The first-order valence-corrected chi connectivity index (χ1v) is 12.8. The smallest absolute Gasteiger partial charge is 0.352 e. The fourth-order valence-corrected chi connectivity index (χ4v) is 6.14. The largest absolute Gasteiger partial charge is 0.390 e. The lowest BCUT2D eigenvalue weighted by atomic mass is 9.99. The Morgan fingerprint density at radius 3 is 2.68 bits per heavy atom. The number of nitrogens with zero attached hydrogens (tertiary/aromatic N) is 6. The van der Waals surface area contributed by atoms with Gasteiger partial charge in [-0.25, -0.2) is 18.4 Å². The highest BCUT2D eigenvalue weighted by Gasteiger charge is 2.41. The van der Waals surface area contributed by atoms with Gasteiger partial charge in [0.2, 0.25) is 5.13 Å². The molecule has 4 heterocycles. The van der Waals surface area contributed by atoms with Gasteiger partial charge < -0.3 is 9.84 Å². The molecule has 2 aromatic rings. The molecular weight excluding hydrogens is 459 g/mol. The van der Waals surface area contributed by atoms with Gasteiger partial charge in [-0.15, -0.1) is 10.2 Å².